The Balaban J connectivity index is 2.35. The van der Waals surface area contributed by atoms with Crippen LogP contribution in [0.1, 0.15) is 16.7 Å². The highest BCUT2D eigenvalue weighted by atomic mass is 19.1. The SMILES string of the molecule is Cc1cc(Nc2ccc(F)cc2C#N)ccc1C#N. The van der Waals surface area contributed by atoms with Crippen LogP contribution in [0.5, 0.6) is 0 Å². The number of halogens is 1. The van der Waals surface area contributed by atoms with E-state index in [9.17, 15) is 4.39 Å². The van der Waals surface area contributed by atoms with E-state index in [1.807, 2.05) is 19.1 Å². The highest BCUT2D eigenvalue weighted by Gasteiger charge is 2.05. The van der Waals surface area contributed by atoms with E-state index in [1.165, 1.54) is 18.2 Å². The van der Waals surface area contributed by atoms with E-state index < -0.39 is 5.82 Å². The molecule has 0 aliphatic rings. The Kier molecular flexibility index (Phi) is 3.45. The molecule has 2 rings (SSSR count). The van der Waals surface area contributed by atoms with E-state index in [-0.39, 0.29) is 5.56 Å². The monoisotopic (exact) mass is 251 g/mol. The summed E-state index contributed by atoms with van der Waals surface area (Å²) >= 11 is 0. The molecule has 0 atom stereocenters. The summed E-state index contributed by atoms with van der Waals surface area (Å²) in [6.45, 7) is 1.83. The van der Waals surface area contributed by atoms with Crippen molar-refractivity contribution in [2.24, 2.45) is 0 Å². The molecule has 92 valence electrons. The topological polar surface area (TPSA) is 59.6 Å². The van der Waals surface area contributed by atoms with Crippen molar-refractivity contribution in [3.8, 4) is 12.1 Å². The fourth-order valence-corrected chi connectivity index (χ4v) is 1.74. The molecular formula is C15H10FN3. The zero-order chi connectivity index (χ0) is 13.8. The molecule has 0 saturated heterocycles. The number of hydrogen-bond donors (Lipinski definition) is 1. The minimum atomic E-state index is -0.446. The minimum Gasteiger partial charge on any atom is -0.354 e. The molecule has 0 unspecified atom stereocenters. The molecule has 19 heavy (non-hydrogen) atoms. The minimum absolute atomic E-state index is 0.238. The van der Waals surface area contributed by atoms with Crippen LogP contribution in [0.3, 0.4) is 0 Å². The van der Waals surface area contributed by atoms with Gasteiger partial charge in [-0.15, -0.1) is 0 Å². The van der Waals surface area contributed by atoms with Crippen LogP contribution in [0.25, 0.3) is 0 Å². The van der Waals surface area contributed by atoms with Crippen LogP contribution in [0.15, 0.2) is 36.4 Å². The number of anilines is 2. The number of benzene rings is 2. The number of nitrogens with zero attached hydrogens (tertiary/aromatic N) is 2. The zero-order valence-electron chi connectivity index (χ0n) is 10.2. The van der Waals surface area contributed by atoms with Gasteiger partial charge in [-0.25, -0.2) is 4.39 Å². The number of nitriles is 2. The van der Waals surface area contributed by atoms with Gasteiger partial charge in [0.15, 0.2) is 0 Å². The van der Waals surface area contributed by atoms with Crippen molar-refractivity contribution in [2.45, 2.75) is 6.92 Å². The van der Waals surface area contributed by atoms with Gasteiger partial charge < -0.3 is 5.32 Å². The first kappa shape index (κ1) is 12.6. The van der Waals surface area contributed by atoms with Crippen LogP contribution < -0.4 is 5.32 Å². The third-order valence-electron chi connectivity index (χ3n) is 2.73. The van der Waals surface area contributed by atoms with E-state index in [1.54, 1.807) is 12.1 Å². The van der Waals surface area contributed by atoms with E-state index >= 15 is 0 Å². The lowest BCUT2D eigenvalue weighted by Gasteiger charge is -2.09. The highest BCUT2D eigenvalue weighted by Crippen LogP contribution is 2.23. The lowest BCUT2D eigenvalue weighted by Crippen LogP contribution is -1.95. The van der Waals surface area contributed by atoms with Crippen LogP contribution >= 0.6 is 0 Å². The second-order valence-electron chi connectivity index (χ2n) is 4.07. The van der Waals surface area contributed by atoms with Crippen LogP contribution in [-0.2, 0) is 0 Å². The Morgan fingerprint density at radius 1 is 1.00 bits per heavy atom. The Morgan fingerprint density at radius 3 is 2.37 bits per heavy atom. The lowest BCUT2D eigenvalue weighted by atomic mass is 10.1. The van der Waals surface area contributed by atoms with Crippen LogP contribution in [0, 0.1) is 35.4 Å². The maximum absolute atomic E-state index is 13.0. The Labute approximate surface area is 110 Å². The molecular weight excluding hydrogens is 241 g/mol. The molecule has 0 aliphatic heterocycles. The molecule has 0 amide bonds. The maximum Gasteiger partial charge on any atom is 0.124 e. The van der Waals surface area contributed by atoms with Gasteiger partial charge in [0.1, 0.15) is 11.9 Å². The van der Waals surface area contributed by atoms with Gasteiger partial charge in [0.05, 0.1) is 22.9 Å². The Morgan fingerprint density at radius 2 is 1.74 bits per heavy atom. The van der Waals surface area contributed by atoms with E-state index in [0.717, 1.165) is 11.3 Å². The summed E-state index contributed by atoms with van der Waals surface area (Å²) in [4.78, 5) is 0. The molecule has 3 nitrogen and oxygen atoms in total. The van der Waals surface area contributed by atoms with Gasteiger partial charge in [-0.3, -0.25) is 0 Å². The molecule has 4 heteroatoms. The zero-order valence-corrected chi connectivity index (χ0v) is 10.2. The smallest absolute Gasteiger partial charge is 0.124 e. The predicted molar refractivity (Wildman–Crippen MR) is 70.3 cm³/mol. The number of rotatable bonds is 2. The van der Waals surface area contributed by atoms with Gasteiger partial charge in [-0.1, -0.05) is 0 Å². The first-order chi connectivity index (χ1) is 9.13. The fraction of sp³-hybridized carbons (Fsp3) is 0.0667. The maximum atomic E-state index is 13.0. The summed E-state index contributed by atoms with van der Waals surface area (Å²) in [7, 11) is 0. The predicted octanol–water partition coefficient (Wildman–Crippen LogP) is 3.62. The van der Waals surface area contributed by atoms with Crippen molar-refractivity contribution in [3.63, 3.8) is 0 Å². The summed E-state index contributed by atoms with van der Waals surface area (Å²) in [5.41, 5.74) is 2.97. The standard InChI is InChI=1S/C15H10FN3/c1-10-6-14(4-2-11(10)8-17)19-15-5-3-13(16)7-12(15)9-18/h2-7,19H,1H3. The van der Waals surface area contributed by atoms with Crippen molar-refractivity contribution >= 4 is 11.4 Å². The molecule has 0 aromatic heterocycles. The first-order valence-corrected chi connectivity index (χ1v) is 5.61. The van der Waals surface area contributed by atoms with Gasteiger partial charge >= 0.3 is 0 Å². The Hall–Kier alpha value is -2.85. The van der Waals surface area contributed by atoms with Gasteiger partial charge in [-0.05, 0) is 48.9 Å². The molecule has 0 bridgehead atoms. The largest absolute Gasteiger partial charge is 0.354 e. The van der Waals surface area contributed by atoms with Crippen LogP contribution in [0.2, 0.25) is 0 Å². The highest BCUT2D eigenvalue weighted by molar-refractivity contribution is 5.67. The third-order valence-corrected chi connectivity index (χ3v) is 2.73. The summed E-state index contributed by atoms with van der Waals surface area (Å²) < 4.78 is 13.0. The van der Waals surface area contributed by atoms with Gasteiger partial charge in [0.2, 0.25) is 0 Å². The molecule has 0 radical (unpaired) electrons. The van der Waals surface area contributed by atoms with Gasteiger partial charge in [0.25, 0.3) is 0 Å². The average Bonchev–Trinajstić information content (AvgIpc) is 2.41. The summed E-state index contributed by atoms with van der Waals surface area (Å²) in [5.74, 6) is -0.446. The van der Waals surface area contributed by atoms with Crippen LogP contribution in [-0.4, -0.2) is 0 Å². The summed E-state index contributed by atoms with van der Waals surface area (Å²) in [5, 5.41) is 20.9. The van der Waals surface area contributed by atoms with E-state index in [2.05, 4.69) is 11.4 Å². The second kappa shape index (κ2) is 5.20. The normalized spacial score (nSPS) is 9.47. The second-order valence-corrected chi connectivity index (χ2v) is 4.07. The van der Waals surface area contributed by atoms with Crippen LogP contribution in [0.4, 0.5) is 15.8 Å². The molecule has 0 spiro atoms. The molecule has 0 fully saturated rings. The molecule has 1 N–H and O–H groups in total. The molecule has 2 aromatic rings. The lowest BCUT2D eigenvalue weighted by molar-refractivity contribution is 0.627. The number of nitrogens with one attached hydrogen (secondary N) is 1. The average molecular weight is 251 g/mol. The molecule has 0 heterocycles. The first-order valence-electron chi connectivity index (χ1n) is 5.61. The van der Waals surface area contributed by atoms with Gasteiger partial charge in [-0.2, -0.15) is 10.5 Å². The Bertz CT molecular complexity index is 708. The van der Waals surface area contributed by atoms with Crippen molar-refractivity contribution in [1.29, 1.82) is 10.5 Å². The molecule has 2 aromatic carbocycles. The summed E-state index contributed by atoms with van der Waals surface area (Å²) in [6, 6.07) is 13.3. The summed E-state index contributed by atoms with van der Waals surface area (Å²) in [6.07, 6.45) is 0. The number of aryl methyl sites for hydroxylation is 1. The third kappa shape index (κ3) is 2.70. The van der Waals surface area contributed by atoms with Crippen molar-refractivity contribution in [3.05, 3.63) is 58.9 Å². The van der Waals surface area contributed by atoms with Crippen molar-refractivity contribution in [2.75, 3.05) is 5.32 Å². The van der Waals surface area contributed by atoms with E-state index in [0.29, 0.717) is 11.3 Å². The van der Waals surface area contributed by atoms with E-state index in [4.69, 9.17) is 10.5 Å². The molecule has 0 aliphatic carbocycles. The fourth-order valence-electron chi connectivity index (χ4n) is 1.74. The van der Waals surface area contributed by atoms with Crippen molar-refractivity contribution in [1.82, 2.24) is 0 Å². The molecule has 0 saturated carbocycles. The number of hydrogen-bond acceptors (Lipinski definition) is 3. The van der Waals surface area contributed by atoms with Crippen molar-refractivity contribution < 1.29 is 4.39 Å². The van der Waals surface area contributed by atoms with Gasteiger partial charge in [0, 0.05) is 5.69 Å². The quantitative estimate of drug-likeness (QED) is 0.886.